The van der Waals surface area contributed by atoms with Crippen molar-refractivity contribution in [1.82, 2.24) is 20.2 Å². The molecule has 0 atom stereocenters. The zero-order valence-electron chi connectivity index (χ0n) is 19.5. The summed E-state index contributed by atoms with van der Waals surface area (Å²) in [5.41, 5.74) is 2.44. The van der Waals surface area contributed by atoms with Crippen LogP contribution in [-0.4, -0.2) is 64.2 Å². The number of benzene rings is 1. The molecule has 1 saturated carbocycles. The van der Waals surface area contributed by atoms with Crippen molar-refractivity contribution in [3.8, 4) is 0 Å². The zero-order chi connectivity index (χ0) is 23.5. The number of amides is 1. The van der Waals surface area contributed by atoms with Crippen LogP contribution in [0, 0.1) is 0 Å². The molecular formula is C25H32N6O2S. The van der Waals surface area contributed by atoms with Crippen LogP contribution in [0.1, 0.15) is 48.9 Å². The van der Waals surface area contributed by atoms with Gasteiger partial charge in [-0.2, -0.15) is 4.98 Å². The minimum absolute atomic E-state index is 0.0844. The number of likely N-dealkylation sites (tertiary alicyclic amines) is 1. The fourth-order valence-corrected chi connectivity index (χ4v) is 5.59. The van der Waals surface area contributed by atoms with Crippen molar-refractivity contribution >= 4 is 44.9 Å². The van der Waals surface area contributed by atoms with Gasteiger partial charge in [0.05, 0.1) is 16.3 Å². The lowest BCUT2D eigenvalue weighted by Gasteiger charge is -2.31. The van der Waals surface area contributed by atoms with E-state index in [9.17, 15) is 9.90 Å². The number of carbonyl (C=O) groups excluding carboxylic acids is 1. The van der Waals surface area contributed by atoms with Crippen molar-refractivity contribution in [1.29, 1.82) is 0 Å². The molecule has 1 aromatic carbocycles. The minimum atomic E-state index is -0.183. The van der Waals surface area contributed by atoms with Gasteiger partial charge in [-0.25, -0.2) is 4.98 Å². The van der Waals surface area contributed by atoms with Gasteiger partial charge in [-0.3, -0.25) is 4.79 Å². The Bertz CT molecular complexity index is 1120. The van der Waals surface area contributed by atoms with Gasteiger partial charge < -0.3 is 26.0 Å². The molecule has 1 amide bonds. The second-order valence-electron chi connectivity index (χ2n) is 9.24. The monoisotopic (exact) mass is 480 g/mol. The smallest absolute Gasteiger partial charge is 0.253 e. The van der Waals surface area contributed by atoms with Crippen molar-refractivity contribution in [2.24, 2.45) is 0 Å². The molecule has 9 heteroatoms. The second kappa shape index (κ2) is 10.2. The number of carbonyl (C=O) groups is 1. The van der Waals surface area contributed by atoms with Gasteiger partial charge in [0.2, 0.25) is 5.95 Å². The van der Waals surface area contributed by atoms with E-state index in [-0.39, 0.29) is 12.0 Å². The molecular weight excluding hydrogens is 448 g/mol. The van der Waals surface area contributed by atoms with Gasteiger partial charge in [-0.05, 0) is 81.3 Å². The SMILES string of the molecule is CNC1CCN(C(=O)c2ccc(Nc3nc(NC4CCC(O)CC4)c4sccc4n3)cc2)CC1. The highest BCUT2D eigenvalue weighted by Gasteiger charge is 2.23. The standard InChI is InChI=1S/C25H32N6O2S/c1-26-17-10-13-31(14-11-17)24(33)16-2-4-19(5-3-16)28-25-29-21-12-15-34-22(21)23(30-25)27-18-6-8-20(32)9-7-18/h2-5,12,15,17-18,20,26,32H,6-11,13-14H2,1H3,(H2,27,28,29,30). The van der Waals surface area contributed by atoms with Crippen molar-refractivity contribution in [3.05, 3.63) is 41.3 Å². The number of piperidine rings is 1. The van der Waals surface area contributed by atoms with Crippen LogP contribution in [-0.2, 0) is 0 Å². The highest BCUT2D eigenvalue weighted by Crippen LogP contribution is 2.31. The molecule has 8 nitrogen and oxygen atoms in total. The Labute approximate surface area is 203 Å². The third kappa shape index (κ3) is 5.16. The van der Waals surface area contributed by atoms with Gasteiger partial charge in [-0.15, -0.1) is 11.3 Å². The molecule has 1 aliphatic carbocycles. The van der Waals surface area contributed by atoms with Gasteiger partial charge in [0.25, 0.3) is 5.91 Å². The van der Waals surface area contributed by atoms with Crippen LogP contribution >= 0.6 is 11.3 Å². The van der Waals surface area contributed by atoms with E-state index in [0.717, 1.165) is 73.3 Å². The Morgan fingerprint density at radius 1 is 1.00 bits per heavy atom. The molecule has 34 heavy (non-hydrogen) atoms. The number of hydrogen-bond acceptors (Lipinski definition) is 8. The number of aliphatic hydroxyl groups excluding tert-OH is 1. The molecule has 0 bridgehead atoms. The van der Waals surface area contributed by atoms with E-state index in [1.807, 2.05) is 47.7 Å². The van der Waals surface area contributed by atoms with Crippen LogP contribution in [0.3, 0.4) is 0 Å². The van der Waals surface area contributed by atoms with Crippen molar-refractivity contribution in [2.45, 2.75) is 56.7 Å². The average Bonchev–Trinajstić information content (AvgIpc) is 3.35. The van der Waals surface area contributed by atoms with Crippen LogP contribution in [0.25, 0.3) is 10.2 Å². The lowest BCUT2D eigenvalue weighted by Crippen LogP contribution is -2.43. The van der Waals surface area contributed by atoms with Crippen molar-refractivity contribution in [2.75, 3.05) is 30.8 Å². The molecule has 2 aliphatic rings. The summed E-state index contributed by atoms with van der Waals surface area (Å²) < 4.78 is 1.04. The molecule has 2 aromatic heterocycles. The summed E-state index contributed by atoms with van der Waals surface area (Å²) in [6.45, 7) is 1.57. The van der Waals surface area contributed by atoms with E-state index in [4.69, 9.17) is 4.98 Å². The predicted molar refractivity (Wildman–Crippen MR) is 137 cm³/mol. The number of hydrogen-bond donors (Lipinski definition) is 4. The summed E-state index contributed by atoms with van der Waals surface area (Å²) in [6.07, 6.45) is 5.30. The molecule has 180 valence electrons. The van der Waals surface area contributed by atoms with E-state index >= 15 is 0 Å². The molecule has 0 spiro atoms. The fourth-order valence-electron chi connectivity index (χ4n) is 4.81. The molecule has 1 saturated heterocycles. The molecule has 1 aliphatic heterocycles. The van der Waals surface area contributed by atoms with E-state index in [0.29, 0.717) is 23.6 Å². The summed E-state index contributed by atoms with van der Waals surface area (Å²) in [7, 11) is 1.98. The lowest BCUT2D eigenvalue weighted by atomic mass is 9.93. The first-order valence-electron chi connectivity index (χ1n) is 12.1. The first-order valence-corrected chi connectivity index (χ1v) is 13.0. The number of nitrogens with one attached hydrogen (secondary N) is 3. The fraction of sp³-hybridized carbons (Fsp3) is 0.480. The minimum Gasteiger partial charge on any atom is -0.393 e. The maximum absolute atomic E-state index is 12.9. The summed E-state index contributed by atoms with van der Waals surface area (Å²) in [5, 5.41) is 22.0. The Kier molecular flexibility index (Phi) is 6.94. The summed E-state index contributed by atoms with van der Waals surface area (Å²) in [4.78, 5) is 24.2. The maximum atomic E-state index is 12.9. The number of thiophene rings is 1. The average molecular weight is 481 g/mol. The second-order valence-corrected chi connectivity index (χ2v) is 10.2. The largest absolute Gasteiger partial charge is 0.393 e. The van der Waals surface area contributed by atoms with Crippen LogP contribution in [0.4, 0.5) is 17.5 Å². The van der Waals surface area contributed by atoms with E-state index in [1.54, 1.807) is 11.3 Å². The Morgan fingerprint density at radius 2 is 1.74 bits per heavy atom. The quantitative estimate of drug-likeness (QED) is 0.423. The number of rotatable bonds is 6. The Hall–Kier alpha value is -2.75. The number of aromatic nitrogens is 2. The Morgan fingerprint density at radius 3 is 2.44 bits per heavy atom. The maximum Gasteiger partial charge on any atom is 0.253 e. The summed E-state index contributed by atoms with van der Waals surface area (Å²) >= 11 is 1.63. The molecule has 5 rings (SSSR count). The van der Waals surface area contributed by atoms with Crippen molar-refractivity contribution in [3.63, 3.8) is 0 Å². The van der Waals surface area contributed by atoms with Crippen molar-refractivity contribution < 1.29 is 9.90 Å². The highest BCUT2D eigenvalue weighted by atomic mass is 32.1. The molecule has 0 unspecified atom stereocenters. The van der Waals surface area contributed by atoms with Gasteiger partial charge in [-0.1, -0.05) is 0 Å². The lowest BCUT2D eigenvalue weighted by molar-refractivity contribution is 0.0707. The molecule has 2 fully saturated rings. The molecule has 0 radical (unpaired) electrons. The highest BCUT2D eigenvalue weighted by molar-refractivity contribution is 7.17. The van der Waals surface area contributed by atoms with Gasteiger partial charge >= 0.3 is 0 Å². The van der Waals surface area contributed by atoms with Crippen LogP contribution < -0.4 is 16.0 Å². The normalized spacial score (nSPS) is 21.5. The Balaban J connectivity index is 1.27. The molecule has 3 heterocycles. The number of aliphatic hydroxyl groups is 1. The van der Waals surface area contributed by atoms with Gasteiger partial charge in [0.1, 0.15) is 5.82 Å². The number of fused-ring (bicyclic) bond motifs is 1. The van der Waals surface area contributed by atoms with E-state index in [1.165, 1.54) is 0 Å². The molecule has 3 aromatic rings. The number of anilines is 3. The van der Waals surface area contributed by atoms with E-state index < -0.39 is 0 Å². The third-order valence-corrected chi connectivity index (χ3v) is 7.83. The first kappa shape index (κ1) is 23.0. The van der Waals surface area contributed by atoms with Crippen LogP contribution in [0.5, 0.6) is 0 Å². The molecule has 4 N–H and O–H groups in total. The first-order chi connectivity index (χ1) is 16.6. The van der Waals surface area contributed by atoms with Gasteiger partial charge in [0, 0.05) is 36.4 Å². The number of nitrogens with zero attached hydrogens (tertiary/aromatic N) is 3. The summed E-state index contributed by atoms with van der Waals surface area (Å²) in [6, 6.07) is 10.4. The zero-order valence-corrected chi connectivity index (χ0v) is 20.3. The predicted octanol–water partition coefficient (Wildman–Crippen LogP) is 3.97. The third-order valence-electron chi connectivity index (χ3n) is 6.92. The topological polar surface area (TPSA) is 102 Å². The van der Waals surface area contributed by atoms with Gasteiger partial charge in [0.15, 0.2) is 0 Å². The van der Waals surface area contributed by atoms with Crippen LogP contribution in [0.15, 0.2) is 35.7 Å². The summed E-state index contributed by atoms with van der Waals surface area (Å²) in [5.74, 6) is 1.44. The van der Waals surface area contributed by atoms with Crippen LogP contribution in [0.2, 0.25) is 0 Å². The van der Waals surface area contributed by atoms with E-state index in [2.05, 4.69) is 20.9 Å².